The molecule has 0 aliphatic carbocycles. The number of hydrogen-bond acceptors (Lipinski definition) is 6. The van der Waals surface area contributed by atoms with E-state index in [0.717, 1.165) is 0 Å². The van der Waals surface area contributed by atoms with E-state index in [4.69, 9.17) is 14.2 Å². The number of ether oxygens (including phenoxy) is 4. The van der Waals surface area contributed by atoms with Crippen molar-refractivity contribution in [3.05, 3.63) is 47.5 Å². The molecular weight excluding hydrogens is 326 g/mol. The van der Waals surface area contributed by atoms with Crippen molar-refractivity contribution in [2.45, 2.75) is 0 Å². The van der Waals surface area contributed by atoms with Gasteiger partial charge in [0.2, 0.25) is 5.75 Å². The third-order valence-electron chi connectivity index (χ3n) is 3.51. The topological polar surface area (TPSA) is 83.1 Å². The predicted molar refractivity (Wildman–Crippen MR) is 91.8 cm³/mol. The lowest BCUT2D eigenvalue weighted by molar-refractivity contribution is 0.0600. The molecule has 0 spiro atoms. The van der Waals surface area contributed by atoms with Crippen LogP contribution < -0.4 is 19.5 Å². The van der Waals surface area contributed by atoms with Gasteiger partial charge in [-0.15, -0.1) is 0 Å². The van der Waals surface area contributed by atoms with Gasteiger partial charge in [-0.25, -0.2) is 4.79 Å². The number of anilines is 1. The molecule has 0 saturated carbocycles. The number of esters is 1. The number of methoxy groups -OCH3 is 4. The molecule has 0 saturated heterocycles. The zero-order valence-electron chi connectivity index (χ0n) is 14.4. The van der Waals surface area contributed by atoms with Crippen LogP contribution in [0.15, 0.2) is 36.4 Å². The molecule has 0 radical (unpaired) electrons. The van der Waals surface area contributed by atoms with Gasteiger partial charge in [0.05, 0.1) is 39.6 Å². The van der Waals surface area contributed by atoms with Crippen LogP contribution in [0.1, 0.15) is 20.7 Å². The van der Waals surface area contributed by atoms with Crippen LogP contribution in [0.5, 0.6) is 17.2 Å². The lowest BCUT2D eigenvalue weighted by Gasteiger charge is -2.15. The van der Waals surface area contributed by atoms with Crippen molar-refractivity contribution in [3.63, 3.8) is 0 Å². The first-order chi connectivity index (χ1) is 12.0. The summed E-state index contributed by atoms with van der Waals surface area (Å²) < 4.78 is 20.4. The second kappa shape index (κ2) is 8.05. The molecule has 2 aromatic rings. The molecule has 1 N–H and O–H groups in total. The molecule has 0 fully saturated rings. The first-order valence-electron chi connectivity index (χ1n) is 7.34. The van der Waals surface area contributed by atoms with E-state index in [1.165, 1.54) is 28.4 Å². The zero-order chi connectivity index (χ0) is 18.4. The molecule has 0 unspecified atom stereocenters. The summed E-state index contributed by atoms with van der Waals surface area (Å²) in [5.74, 6) is 0.227. The third-order valence-corrected chi connectivity index (χ3v) is 3.51. The van der Waals surface area contributed by atoms with Crippen LogP contribution in [0.3, 0.4) is 0 Å². The van der Waals surface area contributed by atoms with Gasteiger partial charge in [-0.3, -0.25) is 4.79 Å². The van der Waals surface area contributed by atoms with E-state index in [2.05, 4.69) is 10.1 Å². The molecule has 7 heteroatoms. The average molecular weight is 345 g/mol. The summed E-state index contributed by atoms with van der Waals surface area (Å²) in [5, 5.41) is 2.74. The van der Waals surface area contributed by atoms with Gasteiger partial charge in [-0.2, -0.15) is 0 Å². The fourth-order valence-electron chi connectivity index (χ4n) is 2.29. The van der Waals surface area contributed by atoms with Crippen LogP contribution in [0.25, 0.3) is 0 Å². The molecule has 0 bridgehead atoms. The monoisotopic (exact) mass is 345 g/mol. The summed E-state index contributed by atoms with van der Waals surface area (Å²) in [7, 11) is 5.72. The molecular formula is C18H19NO6. The maximum atomic E-state index is 12.6. The minimum atomic E-state index is -0.445. The van der Waals surface area contributed by atoms with Crippen molar-refractivity contribution >= 4 is 17.6 Å². The zero-order valence-corrected chi connectivity index (χ0v) is 14.4. The fraction of sp³-hybridized carbons (Fsp3) is 0.222. The summed E-state index contributed by atoms with van der Waals surface area (Å²) in [4.78, 5) is 24.0. The minimum Gasteiger partial charge on any atom is -0.493 e. The minimum absolute atomic E-state index is 0.269. The predicted octanol–water partition coefficient (Wildman–Crippen LogP) is 2.75. The molecule has 25 heavy (non-hydrogen) atoms. The van der Waals surface area contributed by atoms with Crippen molar-refractivity contribution < 1.29 is 28.5 Å². The van der Waals surface area contributed by atoms with Gasteiger partial charge in [0.25, 0.3) is 5.91 Å². The quantitative estimate of drug-likeness (QED) is 0.811. The average Bonchev–Trinajstić information content (AvgIpc) is 2.66. The molecule has 0 heterocycles. The second-order valence-corrected chi connectivity index (χ2v) is 4.90. The molecule has 2 rings (SSSR count). The summed E-state index contributed by atoms with van der Waals surface area (Å²) >= 11 is 0. The Hall–Kier alpha value is -3.22. The Labute approximate surface area is 145 Å². The van der Waals surface area contributed by atoms with Crippen LogP contribution in [-0.2, 0) is 4.74 Å². The largest absolute Gasteiger partial charge is 0.493 e. The van der Waals surface area contributed by atoms with Gasteiger partial charge in [-0.05, 0) is 36.4 Å². The Morgan fingerprint density at radius 2 is 1.44 bits per heavy atom. The highest BCUT2D eigenvalue weighted by atomic mass is 16.5. The van der Waals surface area contributed by atoms with Gasteiger partial charge in [0.1, 0.15) is 0 Å². The number of carbonyl (C=O) groups is 2. The fourth-order valence-corrected chi connectivity index (χ4v) is 2.29. The Morgan fingerprint density at radius 3 is 1.96 bits per heavy atom. The number of benzene rings is 2. The summed E-state index contributed by atoms with van der Waals surface area (Å²) in [6.45, 7) is 0. The molecule has 0 aliphatic rings. The second-order valence-electron chi connectivity index (χ2n) is 4.90. The Kier molecular flexibility index (Phi) is 5.84. The van der Waals surface area contributed by atoms with E-state index in [0.29, 0.717) is 22.7 Å². The van der Waals surface area contributed by atoms with Crippen LogP contribution >= 0.6 is 0 Å². The molecule has 0 atom stereocenters. The van der Waals surface area contributed by atoms with E-state index in [1.54, 1.807) is 36.4 Å². The lowest BCUT2D eigenvalue weighted by Crippen LogP contribution is -2.14. The van der Waals surface area contributed by atoms with Crippen molar-refractivity contribution in [1.29, 1.82) is 0 Å². The molecule has 1 amide bonds. The number of nitrogens with one attached hydrogen (secondary N) is 1. The number of amides is 1. The van der Waals surface area contributed by atoms with Crippen molar-refractivity contribution in [2.75, 3.05) is 33.8 Å². The standard InChI is InChI=1S/C18H19NO6/c1-22-14-10-9-13(15(23-2)16(14)24-3)17(20)19-12-7-5-11(6-8-12)18(21)25-4/h5-10H,1-4H3,(H,19,20). The van der Waals surface area contributed by atoms with Gasteiger partial charge in [0, 0.05) is 5.69 Å². The molecule has 0 aliphatic heterocycles. The highest BCUT2D eigenvalue weighted by molar-refractivity contribution is 6.07. The lowest BCUT2D eigenvalue weighted by atomic mass is 10.1. The molecule has 7 nitrogen and oxygen atoms in total. The SMILES string of the molecule is COC(=O)c1ccc(NC(=O)c2ccc(OC)c(OC)c2OC)cc1. The molecule has 2 aromatic carbocycles. The third kappa shape index (κ3) is 3.82. The van der Waals surface area contributed by atoms with E-state index in [9.17, 15) is 9.59 Å². The van der Waals surface area contributed by atoms with Gasteiger partial charge < -0.3 is 24.3 Å². The Bertz CT molecular complexity index is 770. The van der Waals surface area contributed by atoms with Crippen molar-refractivity contribution in [3.8, 4) is 17.2 Å². The first kappa shape index (κ1) is 18.1. The van der Waals surface area contributed by atoms with Gasteiger partial charge >= 0.3 is 5.97 Å². The number of carbonyl (C=O) groups excluding carboxylic acids is 2. The normalized spacial score (nSPS) is 9.92. The van der Waals surface area contributed by atoms with E-state index in [1.807, 2.05) is 0 Å². The summed E-state index contributed by atoms with van der Waals surface area (Å²) in [6, 6.07) is 9.55. The van der Waals surface area contributed by atoms with Crippen LogP contribution in [-0.4, -0.2) is 40.3 Å². The summed E-state index contributed by atoms with van der Waals surface area (Å²) in [6.07, 6.45) is 0. The first-order valence-corrected chi connectivity index (χ1v) is 7.34. The van der Waals surface area contributed by atoms with Crippen LogP contribution in [0.2, 0.25) is 0 Å². The maximum Gasteiger partial charge on any atom is 0.337 e. The molecule has 132 valence electrons. The van der Waals surface area contributed by atoms with E-state index >= 15 is 0 Å². The number of rotatable bonds is 6. The highest BCUT2D eigenvalue weighted by Crippen LogP contribution is 2.39. The van der Waals surface area contributed by atoms with Gasteiger partial charge in [0.15, 0.2) is 11.5 Å². The van der Waals surface area contributed by atoms with Crippen LogP contribution in [0.4, 0.5) is 5.69 Å². The smallest absolute Gasteiger partial charge is 0.337 e. The van der Waals surface area contributed by atoms with E-state index < -0.39 is 5.97 Å². The number of hydrogen-bond donors (Lipinski definition) is 1. The molecule has 0 aromatic heterocycles. The Morgan fingerprint density at radius 1 is 0.800 bits per heavy atom. The van der Waals surface area contributed by atoms with E-state index in [-0.39, 0.29) is 17.2 Å². The Balaban J connectivity index is 2.27. The maximum absolute atomic E-state index is 12.6. The van der Waals surface area contributed by atoms with Crippen LogP contribution in [0, 0.1) is 0 Å². The van der Waals surface area contributed by atoms with Gasteiger partial charge in [-0.1, -0.05) is 0 Å². The van der Waals surface area contributed by atoms with Crippen molar-refractivity contribution in [1.82, 2.24) is 0 Å². The van der Waals surface area contributed by atoms with Crippen molar-refractivity contribution in [2.24, 2.45) is 0 Å². The summed E-state index contributed by atoms with van der Waals surface area (Å²) in [5.41, 5.74) is 1.20. The highest BCUT2D eigenvalue weighted by Gasteiger charge is 2.20.